The molecule has 3 aromatic rings. The molecule has 0 saturated heterocycles. The molecule has 0 aliphatic carbocycles. The molecule has 0 atom stereocenters. The minimum Gasteiger partial charge on any atom is -0.456 e. The van der Waals surface area contributed by atoms with Crippen LogP contribution in [0.4, 0.5) is 17.6 Å². The number of fused-ring (bicyclic) bond motifs is 3. The summed E-state index contributed by atoms with van der Waals surface area (Å²) in [7, 11) is 0. The zero-order valence-electron chi connectivity index (χ0n) is 14.7. The number of rotatable bonds is 7. The van der Waals surface area contributed by atoms with Crippen LogP contribution in [0.2, 0.25) is 0 Å². The van der Waals surface area contributed by atoms with E-state index < -0.39 is 23.3 Å². The van der Waals surface area contributed by atoms with Gasteiger partial charge in [0.05, 0.1) is 10.8 Å². The normalized spacial score (nSPS) is 11.8. The number of hydrogen-bond donors (Lipinski definition) is 0. The van der Waals surface area contributed by atoms with Gasteiger partial charge in [-0.05, 0) is 36.3 Å². The molecule has 0 aliphatic heterocycles. The minimum atomic E-state index is -1.19. The van der Waals surface area contributed by atoms with Crippen LogP contribution >= 0.6 is 11.8 Å². The molecule has 0 radical (unpaired) electrons. The van der Waals surface area contributed by atoms with Crippen molar-refractivity contribution in [2.75, 3.05) is 5.75 Å². The first-order valence-electron chi connectivity index (χ1n) is 8.83. The van der Waals surface area contributed by atoms with E-state index in [1.165, 1.54) is 23.9 Å². The van der Waals surface area contributed by atoms with Crippen molar-refractivity contribution in [2.45, 2.75) is 50.8 Å². The van der Waals surface area contributed by atoms with E-state index in [9.17, 15) is 17.6 Å². The van der Waals surface area contributed by atoms with Gasteiger partial charge in [0.25, 0.3) is 0 Å². The van der Waals surface area contributed by atoms with E-state index in [1.807, 2.05) is 6.92 Å². The highest BCUT2D eigenvalue weighted by Crippen LogP contribution is 2.39. The van der Waals surface area contributed by atoms with Crippen molar-refractivity contribution in [2.24, 2.45) is 0 Å². The Morgan fingerprint density at radius 2 is 1.46 bits per heavy atom. The van der Waals surface area contributed by atoms with Gasteiger partial charge in [-0.3, -0.25) is 0 Å². The molecule has 0 amide bonds. The van der Waals surface area contributed by atoms with Gasteiger partial charge >= 0.3 is 0 Å². The highest BCUT2D eigenvalue weighted by molar-refractivity contribution is 7.99. The average molecular weight is 384 g/mol. The van der Waals surface area contributed by atoms with Gasteiger partial charge in [-0.1, -0.05) is 33.1 Å². The maximum Gasteiger partial charge on any atom is 0.173 e. The van der Waals surface area contributed by atoms with Gasteiger partial charge in [0.2, 0.25) is 0 Å². The largest absolute Gasteiger partial charge is 0.456 e. The lowest BCUT2D eigenvalue weighted by molar-refractivity contribution is 0.497. The number of thioether (sulfide) groups is 1. The molecule has 0 unspecified atom stereocenters. The van der Waals surface area contributed by atoms with Crippen molar-refractivity contribution in [1.82, 2.24) is 0 Å². The second kappa shape index (κ2) is 7.91. The van der Waals surface area contributed by atoms with Gasteiger partial charge in [-0.2, -0.15) is 0 Å². The molecular formula is C20H20F4OS. The molecule has 3 rings (SSSR count). The molecule has 2 aromatic carbocycles. The Morgan fingerprint density at radius 3 is 2.12 bits per heavy atom. The van der Waals surface area contributed by atoms with Crippen molar-refractivity contribution in [1.29, 1.82) is 0 Å². The maximum atomic E-state index is 14.6. The first-order chi connectivity index (χ1) is 12.5. The Kier molecular flexibility index (Phi) is 5.80. The van der Waals surface area contributed by atoms with Gasteiger partial charge in [0.1, 0.15) is 11.2 Å². The van der Waals surface area contributed by atoms with Crippen LogP contribution in [0.15, 0.2) is 21.4 Å². The highest BCUT2D eigenvalue weighted by atomic mass is 32.2. The summed E-state index contributed by atoms with van der Waals surface area (Å²) in [5, 5.41) is -0.675. The van der Waals surface area contributed by atoms with Crippen LogP contribution in [0.25, 0.3) is 21.9 Å². The zero-order chi connectivity index (χ0) is 18.8. The quantitative estimate of drug-likeness (QED) is 0.239. The number of unbranched alkanes of at least 4 members (excludes halogenated alkanes) is 2. The lowest BCUT2D eigenvalue weighted by Gasteiger charge is -2.05. The number of aryl methyl sites for hydroxylation is 1. The molecule has 1 aromatic heterocycles. The molecule has 6 heteroatoms. The number of furan rings is 1. The first-order valence-corrected chi connectivity index (χ1v) is 9.82. The van der Waals surface area contributed by atoms with Crippen LogP contribution < -0.4 is 0 Å². The lowest BCUT2D eigenvalue weighted by Crippen LogP contribution is -1.96. The smallest absolute Gasteiger partial charge is 0.173 e. The topological polar surface area (TPSA) is 13.1 Å². The number of benzene rings is 2. The van der Waals surface area contributed by atoms with E-state index in [-0.39, 0.29) is 32.4 Å². The van der Waals surface area contributed by atoms with E-state index in [1.54, 1.807) is 0 Å². The molecule has 0 saturated carbocycles. The van der Waals surface area contributed by atoms with Crippen molar-refractivity contribution in [3.8, 4) is 0 Å². The van der Waals surface area contributed by atoms with E-state index in [2.05, 4.69) is 6.92 Å². The monoisotopic (exact) mass is 384 g/mol. The molecule has 140 valence electrons. The molecule has 26 heavy (non-hydrogen) atoms. The maximum absolute atomic E-state index is 14.6. The van der Waals surface area contributed by atoms with Crippen molar-refractivity contribution in [3.63, 3.8) is 0 Å². The molecule has 0 N–H and O–H groups in total. The summed E-state index contributed by atoms with van der Waals surface area (Å²) in [5.41, 5.74) is 0.240. The van der Waals surface area contributed by atoms with E-state index in [0.29, 0.717) is 18.6 Å². The standard InChI is InChI=1S/C20H20F4OS/c1-3-5-6-8-26-14-10-13-16(20(24)18(14)22)15-12(25-13)9-11(7-4-2)17(21)19(15)23/h9-10H,3-8H2,1-2H3. The molecular weight excluding hydrogens is 364 g/mol. The van der Waals surface area contributed by atoms with Crippen LogP contribution in [-0.2, 0) is 6.42 Å². The van der Waals surface area contributed by atoms with Crippen LogP contribution in [0.3, 0.4) is 0 Å². The number of hydrogen-bond acceptors (Lipinski definition) is 2. The Hall–Kier alpha value is -1.69. The van der Waals surface area contributed by atoms with Crippen molar-refractivity contribution < 1.29 is 22.0 Å². The van der Waals surface area contributed by atoms with Crippen molar-refractivity contribution >= 4 is 33.7 Å². The zero-order valence-corrected chi connectivity index (χ0v) is 15.5. The van der Waals surface area contributed by atoms with Crippen LogP contribution in [0.5, 0.6) is 0 Å². The molecule has 0 bridgehead atoms. The summed E-state index contributed by atoms with van der Waals surface area (Å²) >= 11 is 1.20. The van der Waals surface area contributed by atoms with E-state index >= 15 is 0 Å². The summed E-state index contributed by atoms with van der Waals surface area (Å²) in [6.45, 7) is 3.91. The lowest BCUT2D eigenvalue weighted by atomic mass is 10.0. The van der Waals surface area contributed by atoms with Crippen LogP contribution in [-0.4, -0.2) is 5.75 Å². The van der Waals surface area contributed by atoms with Gasteiger partial charge in [0.15, 0.2) is 23.3 Å². The second-order valence-corrected chi connectivity index (χ2v) is 7.46. The summed E-state index contributed by atoms with van der Waals surface area (Å²) in [6.07, 6.45) is 3.90. The van der Waals surface area contributed by atoms with E-state index in [4.69, 9.17) is 4.42 Å². The minimum absolute atomic E-state index is 0.0313. The molecule has 0 aliphatic rings. The third-order valence-corrected chi connectivity index (χ3v) is 5.48. The van der Waals surface area contributed by atoms with Crippen molar-refractivity contribution in [3.05, 3.63) is 41.0 Å². The second-order valence-electron chi connectivity index (χ2n) is 6.32. The Bertz CT molecular complexity index is 949. The summed E-state index contributed by atoms with van der Waals surface area (Å²) in [6, 6.07) is 2.75. The van der Waals surface area contributed by atoms with Gasteiger partial charge in [-0.15, -0.1) is 11.8 Å². The molecule has 1 heterocycles. The van der Waals surface area contributed by atoms with Gasteiger partial charge in [-0.25, -0.2) is 17.6 Å². The summed E-state index contributed by atoms with van der Waals surface area (Å²) in [4.78, 5) is 0.125. The van der Waals surface area contributed by atoms with Crippen LogP contribution in [0.1, 0.15) is 45.1 Å². The molecule has 0 fully saturated rings. The summed E-state index contributed by atoms with van der Waals surface area (Å²) < 4.78 is 63.4. The van der Waals surface area contributed by atoms with Gasteiger partial charge in [0, 0.05) is 4.90 Å². The summed E-state index contributed by atoms with van der Waals surface area (Å²) in [5.74, 6) is -3.80. The van der Waals surface area contributed by atoms with Crippen LogP contribution in [0, 0.1) is 23.3 Å². The fourth-order valence-electron chi connectivity index (χ4n) is 3.07. The Labute approximate surface area is 153 Å². The highest BCUT2D eigenvalue weighted by Gasteiger charge is 2.24. The number of halogens is 4. The first kappa shape index (κ1) is 19.1. The average Bonchev–Trinajstić information content (AvgIpc) is 2.99. The fourth-order valence-corrected chi connectivity index (χ4v) is 4.04. The van der Waals surface area contributed by atoms with E-state index in [0.717, 1.165) is 19.3 Å². The fraction of sp³-hybridized carbons (Fsp3) is 0.400. The predicted molar refractivity (Wildman–Crippen MR) is 97.8 cm³/mol. The predicted octanol–water partition coefficient (Wildman–Crippen LogP) is 7.38. The third-order valence-electron chi connectivity index (χ3n) is 4.38. The molecule has 0 spiro atoms. The third kappa shape index (κ3) is 3.31. The Balaban J connectivity index is 2.14. The molecule has 1 nitrogen and oxygen atoms in total. The van der Waals surface area contributed by atoms with Gasteiger partial charge < -0.3 is 4.42 Å². The Morgan fingerprint density at radius 1 is 0.808 bits per heavy atom. The SMILES string of the molecule is CCCCCSc1cc2oc3cc(CCC)c(F)c(F)c3c2c(F)c1F.